The van der Waals surface area contributed by atoms with Gasteiger partial charge in [0, 0.05) is 17.8 Å². The molecule has 2 aromatic rings. The predicted octanol–water partition coefficient (Wildman–Crippen LogP) is 3.43. The minimum atomic E-state index is -0.224. The quantitative estimate of drug-likeness (QED) is 0.811. The molecule has 0 radical (unpaired) electrons. The van der Waals surface area contributed by atoms with Crippen LogP contribution in [0.15, 0.2) is 30.3 Å². The maximum atomic E-state index is 13.7. The number of rotatable bonds is 4. The maximum Gasteiger partial charge on any atom is 0.261 e. The highest BCUT2D eigenvalue weighted by Gasteiger charge is 2.40. The molecular weight excluding hydrogens is 387 g/mol. The lowest BCUT2D eigenvalue weighted by Gasteiger charge is -2.40. The number of halogens is 2. The molecule has 27 heavy (non-hydrogen) atoms. The normalized spacial score (nSPS) is 17.8. The highest BCUT2D eigenvalue weighted by molar-refractivity contribution is 7.14. The van der Waals surface area contributed by atoms with E-state index in [1.54, 1.807) is 23.5 Å². The highest BCUT2D eigenvalue weighted by atomic mass is 35.5. The fourth-order valence-electron chi connectivity index (χ4n) is 3.87. The van der Waals surface area contributed by atoms with E-state index in [0.717, 1.165) is 43.8 Å². The van der Waals surface area contributed by atoms with Crippen molar-refractivity contribution in [3.8, 4) is 0 Å². The number of hydrogen-bond donors (Lipinski definition) is 2. The number of thiophene rings is 1. The van der Waals surface area contributed by atoms with Gasteiger partial charge >= 0.3 is 0 Å². The van der Waals surface area contributed by atoms with Crippen LogP contribution in [0, 0.1) is 5.82 Å². The Balaban J connectivity index is 0.00000210. The van der Waals surface area contributed by atoms with Gasteiger partial charge < -0.3 is 15.4 Å². The number of nitrogens with one attached hydrogen (secondary N) is 2. The number of ether oxygens (including phenoxy) is 1. The molecule has 146 valence electrons. The fourth-order valence-corrected chi connectivity index (χ4v) is 5.02. The van der Waals surface area contributed by atoms with E-state index in [9.17, 15) is 9.18 Å². The van der Waals surface area contributed by atoms with Gasteiger partial charge in [0.2, 0.25) is 0 Å². The second-order valence-corrected chi connectivity index (χ2v) is 8.02. The third-order valence-corrected chi connectivity index (χ3v) is 6.47. The van der Waals surface area contributed by atoms with E-state index in [1.165, 1.54) is 16.5 Å². The number of piperidine rings is 1. The standard InChI is InChI=1S/C20H23FN2O2S.ClH/c21-16-4-2-1-3-14(16)5-9-23-19(24)18-13-15-17(26-18)6-12-25-20(15)7-10-22-11-8-20;/h1-4,13,22H,5-12H2,(H,23,24);1H. The summed E-state index contributed by atoms with van der Waals surface area (Å²) in [6.07, 6.45) is 3.26. The predicted molar refractivity (Wildman–Crippen MR) is 107 cm³/mol. The highest BCUT2D eigenvalue weighted by Crippen LogP contribution is 2.43. The first-order valence-electron chi connectivity index (χ1n) is 9.17. The second kappa shape index (κ2) is 8.69. The lowest BCUT2D eigenvalue weighted by molar-refractivity contribution is -0.0792. The van der Waals surface area contributed by atoms with E-state index in [1.807, 2.05) is 12.1 Å². The third-order valence-electron chi connectivity index (χ3n) is 5.28. The Morgan fingerprint density at radius 3 is 2.85 bits per heavy atom. The van der Waals surface area contributed by atoms with E-state index in [4.69, 9.17) is 4.74 Å². The Morgan fingerprint density at radius 1 is 1.30 bits per heavy atom. The molecule has 2 aliphatic rings. The molecule has 3 heterocycles. The Morgan fingerprint density at radius 2 is 2.07 bits per heavy atom. The maximum absolute atomic E-state index is 13.7. The molecular formula is C20H24ClFN2O2S. The molecule has 0 bridgehead atoms. The molecule has 0 aliphatic carbocycles. The Labute approximate surface area is 168 Å². The summed E-state index contributed by atoms with van der Waals surface area (Å²) in [7, 11) is 0. The van der Waals surface area contributed by atoms with Crippen LogP contribution in [-0.2, 0) is 23.2 Å². The summed E-state index contributed by atoms with van der Waals surface area (Å²) in [5.74, 6) is -0.303. The van der Waals surface area contributed by atoms with E-state index in [0.29, 0.717) is 18.5 Å². The number of benzene rings is 1. The van der Waals surface area contributed by atoms with Crippen LogP contribution in [0.25, 0.3) is 0 Å². The van der Waals surface area contributed by atoms with Crippen molar-refractivity contribution in [1.29, 1.82) is 0 Å². The van der Waals surface area contributed by atoms with Crippen LogP contribution in [-0.4, -0.2) is 32.1 Å². The summed E-state index contributed by atoms with van der Waals surface area (Å²) < 4.78 is 19.8. The number of amides is 1. The van der Waals surface area contributed by atoms with Crippen molar-refractivity contribution < 1.29 is 13.9 Å². The van der Waals surface area contributed by atoms with Gasteiger partial charge in [0.05, 0.1) is 17.1 Å². The lowest BCUT2D eigenvalue weighted by Crippen LogP contribution is -2.44. The van der Waals surface area contributed by atoms with E-state index >= 15 is 0 Å². The van der Waals surface area contributed by atoms with Crippen molar-refractivity contribution in [1.82, 2.24) is 10.6 Å². The van der Waals surface area contributed by atoms with Gasteiger partial charge in [-0.15, -0.1) is 23.7 Å². The number of fused-ring (bicyclic) bond motifs is 2. The number of carbonyl (C=O) groups is 1. The summed E-state index contributed by atoms with van der Waals surface area (Å²) in [6, 6.07) is 8.70. The van der Waals surface area contributed by atoms with Crippen LogP contribution >= 0.6 is 23.7 Å². The van der Waals surface area contributed by atoms with E-state index < -0.39 is 0 Å². The van der Waals surface area contributed by atoms with Gasteiger partial charge in [0.15, 0.2) is 0 Å². The molecule has 1 aromatic carbocycles. The average Bonchev–Trinajstić information content (AvgIpc) is 3.10. The molecule has 0 saturated carbocycles. The molecule has 2 N–H and O–H groups in total. The molecule has 1 spiro atoms. The van der Waals surface area contributed by atoms with Gasteiger partial charge in [0.25, 0.3) is 5.91 Å². The van der Waals surface area contributed by atoms with Crippen LogP contribution in [0.2, 0.25) is 0 Å². The van der Waals surface area contributed by atoms with E-state index in [-0.39, 0.29) is 29.7 Å². The fraction of sp³-hybridized carbons (Fsp3) is 0.450. The van der Waals surface area contributed by atoms with Crippen LogP contribution < -0.4 is 10.6 Å². The largest absolute Gasteiger partial charge is 0.370 e. The molecule has 0 unspecified atom stereocenters. The van der Waals surface area contributed by atoms with Crippen molar-refractivity contribution in [2.24, 2.45) is 0 Å². The van der Waals surface area contributed by atoms with Gasteiger partial charge in [0.1, 0.15) is 5.82 Å². The Bertz CT molecular complexity index is 805. The van der Waals surface area contributed by atoms with Gasteiger partial charge in [-0.1, -0.05) is 18.2 Å². The monoisotopic (exact) mass is 410 g/mol. The van der Waals surface area contributed by atoms with Gasteiger partial charge in [-0.2, -0.15) is 0 Å². The molecule has 7 heteroatoms. The van der Waals surface area contributed by atoms with Crippen LogP contribution in [0.4, 0.5) is 4.39 Å². The van der Waals surface area contributed by atoms with Crippen molar-refractivity contribution in [2.75, 3.05) is 26.2 Å². The molecule has 2 aliphatic heterocycles. The van der Waals surface area contributed by atoms with Gasteiger partial charge in [-0.05, 0) is 55.6 Å². The lowest BCUT2D eigenvalue weighted by atomic mass is 9.83. The zero-order chi connectivity index (χ0) is 18.0. The topological polar surface area (TPSA) is 50.4 Å². The molecule has 4 rings (SSSR count). The van der Waals surface area contributed by atoms with Crippen molar-refractivity contribution >= 4 is 29.7 Å². The molecule has 4 nitrogen and oxygen atoms in total. The van der Waals surface area contributed by atoms with Crippen LogP contribution in [0.5, 0.6) is 0 Å². The SMILES string of the molecule is Cl.O=C(NCCc1ccccc1F)c1cc2c(s1)CCOC21CCNCC1. The van der Waals surface area contributed by atoms with Crippen LogP contribution in [0.1, 0.15) is 38.5 Å². The first-order valence-corrected chi connectivity index (χ1v) is 9.99. The Hall–Kier alpha value is -1.47. The number of hydrogen-bond acceptors (Lipinski definition) is 4. The zero-order valence-electron chi connectivity index (χ0n) is 15.1. The summed E-state index contributed by atoms with van der Waals surface area (Å²) in [5.41, 5.74) is 1.61. The van der Waals surface area contributed by atoms with E-state index in [2.05, 4.69) is 10.6 Å². The molecule has 0 atom stereocenters. The molecule has 1 saturated heterocycles. The first kappa shape index (κ1) is 20.3. The Kier molecular flexibility index (Phi) is 6.52. The first-order chi connectivity index (χ1) is 12.7. The summed E-state index contributed by atoms with van der Waals surface area (Å²) in [6.45, 7) is 3.04. The molecule has 1 aromatic heterocycles. The minimum absolute atomic E-state index is 0. The smallest absolute Gasteiger partial charge is 0.261 e. The second-order valence-electron chi connectivity index (χ2n) is 6.89. The van der Waals surface area contributed by atoms with Crippen LogP contribution in [0.3, 0.4) is 0 Å². The van der Waals surface area contributed by atoms with Crippen molar-refractivity contribution in [3.63, 3.8) is 0 Å². The zero-order valence-corrected chi connectivity index (χ0v) is 16.7. The summed E-state index contributed by atoms with van der Waals surface area (Å²) in [5, 5.41) is 6.30. The number of carbonyl (C=O) groups excluding carboxylic acids is 1. The van der Waals surface area contributed by atoms with Crippen molar-refractivity contribution in [3.05, 3.63) is 57.0 Å². The summed E-state index contributed by atoms with van der Waals surface area (Å²) >= 11 is 1.57. The van der Waals surface area contributed by atoms with Gasteiger partial charge in [-0.3, -0.25) is 4.79 Å². The molecule has 1 amide bonds. The average molecular weight is 411 g/mol. The third kappa shape index (κ3) is 4.19. The van der Waals surface area contributed by atoms with Gasteiger partial charge in [-0.25, -0.2) is 4.39 Å². The van der Waals surface area contributed by atoms with Crippen molar-refractivity contribution in [2.45, 2.75) is 31.3 Å². The minimum Gasteiger partial charge on any atom is -0.370 e. The molecule has 1 fully saturated rings. The summed E-state index contributed by atoms with van der Waals surface area (Å²) in [4.78, 5) is 14.6.